The maximum absolute atomic E-state index is 11.9. The minimum atomic E-state index is -5.73. The third kappa shape index (κ3) is 13.0. The van der Waals surface area contributed by atoms with Gasteiger partial charge in [0.25, 0.3) is 0 Å². The van der Waals surface area contributed by atoms with E-state index in [2.05, 4.69) is 12.2 Å². The highest BCUT2D eigenvalue weighted by atomic mass is 31.3. The van der Waals surface area contributed by atoms with E-state index in [9.17, 15) is 38.2 Å². The molecular weight excluding hydrogens is 425 g/mol. The molecule has 0 rings (SSSR count). The molecule has 0 saturated heterocycles. The van der Waals surface area contributed by atoms with Crippen molar-refractivity contribution in [3.05, 3.63) is 34.4 Å². The zero-order chi connectivity index (χ0) is 22.2. The van der Waals surface area contributed by atoms with Crippen LogP contribution in [0.5, 0.6) is 0 Å². The van der Waals surface area contributed by atoms with Crippen molar-refractivity contribution >= 4 is 22.6 Å². The molecule has 0 heterocycles. The van der Waals surface area contributed by atoms with Crippen LogP contribution < -0.4 is 24.5 Å². The molecule has 164 valence electrons. The van der Waals surface area contributed by atoms with Gasteiger partial charge in [0.1, 0.15) is 0 Å². The predicted octanol–water partition coefficient (Wildman–Crippen LogP) is 1.75. The molecule has 0 N–H and O–H groups in total. The van der Waals surface area contributed by atoms with Gasteiger partial charge in [-0.05, 0) is 66.4 Å². The zero-order valence-electron chi connectivity index (χ0n) is 16.7. The Labute approximate surface area is 167 Å². The molecule has 0 bridgehead atoms. The van der Waals surface area contributed by atoms with Crippen LogP contribution in [0.1, 0.15) is 59.8 Å². The summed E-state index contributed by atoms with van der Waals surface area (Å²) in [7, 11) is -16.6. The summed E-state index contributed by atoms with van der Waals surface area (Å²) in [6.07, 6.45) is 8.05. The van der Waals surface area contributed by atoms with Gasteiger partial charge in [-0.2, -0.15) is 0 Å². The predicted molar refractivity (Wildman–Crippen MR) is 101 cm³/mol. The van der Waals surface area contributed by atoms with E-state index >= 15 is 0 Å². The van der Waals surface area contributed by atoms with Gasteiger partial charge in [0.15, 0.2) is 0 Å². The normalized spacial score (nSPS) is 17.2. The summed E-state index contributed by atoms with van der Waals surface area (Å²) in [6, 6.07) is 0. The first-order valence-corrected chi connectivity index (χ1v) is 14.0. The maximum atomic E-state index is 11.9. The van der Waals surface area contributed by atoms with Crippen LogP contribution in [0.25, 0.3) is 0 Å². The molecule has 0 aliphatic heterocycles. The van der Waals surface area contributed by atoms with E-state index in [0.717, 1.165) is 18.9 Å². The van der Waals surface area contributed by atoms with Gasteiger partial charge in [-0.3, -0.25) is 0 Å². The summed E-state index contributed by atoms with van der Waals surface area (Å²) in [5.41, 5.74) is 2.45. The van der Waals surface area contributed by atoms with Gasteiger partial charge >= 0.3 is 0 Å². The van der Waals surface area contributed by atoms with E-state index < -0.39 is 33.5 Å². The maximum Gasteiger partial charge on any atom is 0.0490 e. The summed E-state index contributed by atoms with van der Waals surface area (Å²) in [5, 5.41) is -1.49. The van der Waals surface area contributed by atoms with Crippen LogP contribution in [-0.4, -0.2) is 5.90 Å². The lowest BCUT2D eigenvalue weighted by Gasteiger charge is -2.44. The lowest BCUT2D eigenvalue weighted by molar-refractivity contribution is -0.312. The largest absolute Gasteiger partial charge is 0.810 e. The molecule has 2 atom stereocenters. The second-order valence-electron chi connectivity index (χ2n) is 7.27. The monoisotopic (exact) mass is 453 g/mol. The van der Waals surface area contributed by atoms with Crippen molar-refractivity contribution in [2.24, 2.45) is 5.92 Å². The standard InChI is InChI=1S/C17H33O8P3/c1-14(2)7-5-8-15(3)9-6-10-16(4)11-12-17(28(23,24)25)26(18,19)13-27(20,21)22/h7,9,12,16H,5-6,8,10-11,13H2,1-4H3,(H,18,19)(H2,20,21,22)(H2,23,24,25)/p-5/b15-9+,17-12-. The third-order valence-corrected chi connectivity index (χ3v) is 10.1. The van der Waals surface area contributed by atoms with Gasteiger partial charge in [0, 0.05) is 18.3 Å². The average molecular weight is 453 g/mol. The zero-order valence-corrected chi connectivity index (χ0v) is 19.3. The van der Waals surface area contributed by atoms with Gasteiger partial charge in [-0.15, -0.1) is 0 Å². The fourth-order valence-electron chi connectivity index (χ4n) is 2.47. The second-order valence-corrected chi connectivity index (χ2v) is 13.3. The molecule has 11 heteroatoms. The van der Waals surface area contributed by atoms with Gasteiger partial charge in [-0.1, -0.05) is 43.9 Å². The van der Waals surface area contributed by atoms with E-state index in [-0.39, 0.29) is 12.3 Å². The Morgan fingerprint density at radius 2 is 1.46 bits per heavy atom. The average Bonchev–Trinajstić information content (AvgIpc) is 2.42. The van der Waals surface area contributed by atoms with Crippen molar-refractivity contribution < 1.29 is 38.2 Å². The molecular formula is C17H28O8P3-5. The summed E-state index contributed by atoms with van der Waals surface area (Å²) >= 11 is 0. The number of rotatable bonds is 12. The van der Waals surface area contributed by atoms with E-state index in [1.165, 1.54) is 11.1 Å². The van der Waals surface area contributed by atoms with Crippen LogP contribution in [0.2, 0.25) is 0 Å². The summed E-state index contributed by atoms with van der Waals surface area (Å²) in [4.78, 5) is 55.8. The molecule has 0 spiro atoms. The van der Waals surface area contributed by atoms with Crippen molar-refractivity contribution in [2.45, 2.75) is 59.8 Å². The quantitative estimate of drug-likeness (QED) is 0.318. The van der Waals surface area contributed by atoms with Crippen LogP contribution in [0, 0.1) is 5.92 Å². The first kappa shape index (κ1) is 27.7. The van der Waals surface area contributed by atoms with Gasteiger partial charge in [-0.25, -0.2) is 0 Å². The molecule has 0 amide bonds. The fraction of sp³-hybridized carbons (Fsp3) is 0.647. The van der Waals surface area contributed by atoms with Crippen LogP contribution >= 0.6 is 22.6 Å². The molecule has 28 heavy (non-hydrogen) atoms. The minimum Gasteiger partial charge on any atom is -0.810 e. The summed E-state index contributed by atoms with van der Waals surface area (Å²) < 4.78 is 33.8. The van der Waals surface area contributed by atoms with Crippen molar-refractivity contribution in [3.8, 4) is 0 Å². The van der Waals surface area contributed by atoms with Crippen molar-refractivity contribution in [2.75, 3.05) is 5.90 Å². The molecule has 0 radical (unpaired) electrons. The minimum absolute atomic E-state index is 0.0390. The molecule has 0 aliphatic rings. The van der Waals surface area contributed by atoms with Crippen LogP contribution in [0.4, 0.5) is 0 Å². The Balaban J connectivity index is 4.94. The van der Waals surface area contributed by atoms with Crippen molar-refractivity contribution in [1.29, 1.82) is 0 Å². The molecule has 0 aromatic carbocycles. The number of allylic oxidation sites excluding steroid dienone is 5. The Morgan fingerprint density at radius 1 is 0.893 bits per heavy atom. The first-order valence-electron chi connectivity index (χ1n) is 8.88. The smallest absolute Gasteiger partial charge is 0.0490 e. The first-order chi connectivity index (χ1) is 12.5. The second kappa shape index (κ2) is 11.8. The van der Waals surface area contributed by atoms with Crippen molar-refractivity contribution in [3.63, 3.8) is 0 Å². The number of hydrogen-bond acceptors (Lipinski definition) is 8. The van der Waals surface area contributed by atoms with E-state index in [0.29, 0.717) is 12.8 Å². The Hall–Kier alpha value is -0.290. The Kier molecular flexibility index (Phi) is 11.7. The van der Waals surface area contributed by atoms with Gasteiger partial charge in [0.05, 0.1) is 0 Å². The summed E-state index contributed by atoms with van der Waals surface area (Å²) in [5.74, 6) is -2.04. The van der Waals surface area contributed by atoms with Crippen LogP contribution in [0.3, 0.4) is 0 Å². The molecule has 0 fully saturated rings. The SMILES string of the molecule is CC(C)=CCC/C(C)=C/CCC(C)C/C=C(\P(=O)([O-])[O-])P(=O)([O-])CP(=O)([O-])[O-]. The lowest BCUT2D eigenvalue weighted by Crippen LogP contribution is -2.24. The molecule has 0 saturated carbocycles. The highest BCUT2D eigenvalue weighted by Gasteiger charge is 2.19. The van der Waals surface area contributed by atoms with Gasteiger partial charge < -0.3 is 38.2 Å². The topological polar surface area (TPSA) is 167 Å². The van der Waals surface area contributed by atoms with Crippen LogP contribution in [-0.2, 0) is 13.7 Å². The molecule has 2 unspecified atom stereocenters. The van der Waals surface area contributed by atoms with Gasteiger partial charge in [0.2, 0.25) is 0 Å². The van der Waals surface area contributed by atoms with Crippen molar-refractivity contribution in [1.82, 2.24) is 0 Å². The lowest BCUT2D eigenvalue weighted by atomic mass is 10.0. The highest BCUT2D eigenvalue weighted by molar-refractivity contribution is 7.83. The highest BCUT2D eigenvalue weighted by Crippen LogP contribution is 2.63. The van der Waals surface area contributed by atoms with Crippen LogP contribution in [0.15, 0.2) is 34.4 Å². The Bertz CT molecular complexity index is 738. The van der Waals surface area contributed by atoms with E-state index in [1.54, 1.807) is 6.92 Å². The third-order valence-electron chi connectivity index (χ3n) is 3.94. The molecule has 0 aromatic rings. The fourth-order valence-corrected chi connectivity index (χ4v) is 7.65. The molecule has 0 aliphatic carbocycles. The Morgan fingerprint density at radius 3 is 1.93 bits per heavy atom. The summed E-state index contributed by atoms with van der Waals surface area (Å²) in [6.45, 7) is 7.81. The van der Waals surface area contributed by atoms with E-state index in [1.807, 2.05) is 20.8 Å². The molecule has 0 aromatic heterocycles. The number of hydrogen-bond donors (Lipinski definition) is 0. The molecule has 8 nitrogen and oxygen atoms in total. The van der Waals surface area contributed by atoms with E-state index in [4.69, 9.17) is 0 Å².